The Bertz CT molecular complexity index is 1750. The number of rotatable bonds is 6. The number of nitrogens with one attached hydrogen (secondary N) is 3. The van der Waals surface area contributed by atoms with Gasteiger partial charge >= 0.3 is 0 Å². The number of hydrogen-bond acceptors (Lipinski definition) is 5. The third kappa shape index (κ3) is 5.65. The number of halogens is 1. The van der Waals surface area contributed by atoms with Gasteiger partial charge in [-0.2, -0.15) is 0 Å². The molecule has 4 aromatic rings. The van der Waals surface area contributed by atoms with Gasteiger partial charge in [-0.3, -0.25) is 19.4 Å². The first-order chi connectivity index (χ1) is 19.6. The molecule has 0 radical (unpaired) electrons. The minimum Gasteiger partial charge on any atom is -0.455 e. The summed E-state index contributed by atoms with van der Waals surface area (Å²) in [6.07, 6.45) is 1.80. The van der Waals surface area contributed by atoms with Crippen molar-refractivity contribution in [3.05, 3.63) is 95.3 Å². The van der Waals surface area contributed by atoms with Crippen LogP contribution in [0.5, 0.6) is 0 Å². The van der Waals surface area contributed by atoms with Crippen molar-refractivity contribution in [1.29, 1.82) is 0 Å². The van der Waals surface area contributed by atoms with Gasteiger partial charge in [0.25, 0.3) is 17.7 Å². The van der Waals surface area contributed by atoms with Crippen LogP contribution in [0.15, 0.2) is 87.8 Å². The number of carbonyl (C=O) groups excluding carboxylic acids is 3. The zero-order valence-electron chi connectivity index (χ0n) is 23.1. The van der Waals surface area contributed by atoms with E-state index < -0.39 is 17.3 Å². The van der Waals surface area contributed by atoms with Crippen LogP contribution >= 0.6 is 0 Å². The molecule has 8 nitrogen and oxygen atoms in total. The van der Waals surface area contributed by atoms with E-state index >= 15 is 0 Å². The lowest BCUT2D eigenvalue weighted by molar-refractivity contribution is -0.124. The van der Waals surface area contributed by atoms with Crippen LogP contribution in [-0.4, -0.2) is 42.7 Å². The van der Waals surface area contributed by atoms with Crippen molar-refractivity contribution in [2.24, 2.45) is 4.99 Å². The first-order valence-electron chi connectivity index (χ1n) is 13.1. The molecule has 0 atom stereocenters. The fourth-order valence-electron chi connectivity index (χ4n) is 4.57. The molecule has 5 rings (SSSR count). The van der Waals surface area contributed by atoms with Gasteiger partial charge in [0.15, 0.2) is 0 Å². The highest BCUT2D eigenvalue weighted by molar-refractivity contribution is 6.12. The molecule has 1 aliphatic rings. The zero-order chi connectivity index (χ0) is 29.3. The Hall–Kier alpha value is -5.05. The highest BCUT2D eigenvalue weighted by Gasteiger charge is 2.31. The molecule has 0 saturated carbocycles. The molecule has 1 aliphatic heterocycles. The second-order valence-electron chi connectivity index (χ2n) is 10.4. The van der Waals surface area contributed by atoms with Crippen LogP contribution in [0.1, 0.15) is 41.5 Å². The van der Waals surface area contributed by atoms with Gasteiger partial charge in [-0.15, -0.1) is 0 Å². The van der Waals surface area contributed by atoms with E-state index in [-0.39, 0.29) is 11.8 Å². The summed E-state index contributed by atoms with van der Waals surface area (Å²) in [5.41, 5.74) is 3.08. The van der Waals surface area contributed by atoms with Crippen LogP contribution in [0.2, 0.25) is 0 Å². The second kappa shape index (κ2) is 10.8. The Morgan fingerprint density at radius 3 is 2.32 bits per heavy atom. The molecule has 3 amide bonds. The van der Waals surface area contributed by atoms with Gasteiger partial charge in [0.05, 0.1) is 12.1 Å². The van der Waals surface area contributed by atoms with Crippen molar-refractivity contribution in [3.63, 3.8) is 0 Å². The third-order valence-electron chi connectivity index (χ3n) is 6.82. The number of nitrogens with zero attached hydrogens (tertiary/aromatic N) is 1. The van der Waals surface area contributed by atoms with E-state index in [0.717, 1.165) is 16.7 Å². The Labute approximate surface area is 236 Å². The number of benzene rings is 3. The van der Waals surface area contributed by atoms with Gasteiger partial charge in [0.2, 0.25) is 0 Å². The van der Waals surface area contributed by atoms with Crippen molar-refractivity contribution >= 4 is 34.5 Å². The summed E-state index contributed by atoms with van der Waals surface area (Å²) >= 11 is 0. The maximum absolute atomic E-state index is 13.5. The van der Waals surface area contributed by atoms with Crippen molar-refractivity contribution in [2.45, 2.75) is 26.3 Å². The van der Waals surface area contributed by atoms with Crippen molar-refractivity contribution in [1.82, 2.24) is 16.0 Å². The molecule has 3 aromatic carbocycles. The Morgan fingerprint density at radius 1 is 0.927 bits per heavy atom. The summed E-state index contributed by atoms with van der Waals surface area (Å²) in [6, 6.07) is 18.1. The number of carbonyl (C=O) groups is 3. The lowest BCUT2D eigenvalue weighted by Crippen LogP contribution is -2.55. The summed E-state index contributed by atoms with van der Waals surface area (Å²) in [5.74, 6) is -0.721. The highest BCUT2D eigenvalue weighted by Crippen LogP contribution is 2.36. The lowest BCUT2D eigenvalue weighted by Gasteiger charge is -2.25. The van der Waals surface area contributed by atoms with Crippen LogP contribution in [0, 0.1) is 5.82 Å². The molecule has 2 heterocycles. The van der Waals surface area contributed by atoms with E-state index in [1.165, 1.54) is 19.2 Å². The number of hydrogen-bond donors (Lipinski definition) is 3. The predicted molar refractivity (Wildman–Crippen MR) is 156 cm³/mol. The highest BCUT2D eigenvalue weighted by atomic mass is 19.1. The largest absolute Gasteiger partial charge is 0.455 e. The summed E-state index contributed by atoms with van der Waals surface area (Å²) in [5, 5.41) is 8.79. The first kappa shape index (κ1) is 27.5. The molecule has 0 spiro atoms. The topological polar surface area (TPSA) is 113 Å². The molecule has 0 saturated heterocycles. The molecular weight excluding hydrogens is 523 g/mol. The third-order valence-corrected chi connectivity index (χ3v) is 6.82. The minimum atomic E-state index is -1.20. The fraction of sp³-hybridized carbons (Fsp3) is 0.188. The Balaban J connectivity index is 1.43. The number of fused-ring (bicyclic) bond motifs is 1. The summed E-state index contributed by atoms with van der Waals surface area (Å²) in [4.78, 5) is 43.2. The Morgan fingerprint density at radius 2 is 1.63 bits per heavy atom. The first-order valence-corrected chi connectivity index (χ1v) is 13.1. The maximum Gasteiger partial charge on any atom is 0.255 e. The van der Waals surface area contributed by atoms with Gasteiger partial charge in [-0.25, -0.2) is 4.39 Å². The molecule has 0 aliphatic carbocycles. The van der Waals surface area contributed by atoms with Gasteiger partial charge < -0.3 is 20.4 Å². The van der Waals surface area contributed by atoms with E-state index in [2.05, 4.69) is 20.9 Å². The Kier molecular flexibility index (Phi) is 7.28. The molecule has 3 N–H and O–H groups in total. The van der Waals surface area contributed by atoms with Gasteiger partial charge in [0.1, 0.15) is 28.5 Å². The average molecular weight is 553 g/mol. The molecule has 0 fully saturated rings. The van der Waals surface area contributed by atoms with Crippen molar-refractivity contribution in [3.8, 4) is 22.5 Å². The fourth-order valence-corrected chi connectivity index (χ4v) is 4.57. The maximum atomic E-state index is 13.5. The smallest absolute Gasteiger partial charge is 0.255 e. The summed E-state index contributed by atoms with van der Waals surface area (Å²) in [6.45, 7) is 5.72. The van der Waals surface area contributed by atoms with E-state index in [1.54, 1.807) is 56.3 Å². The minimum absolute atomic E-state index is 0.328. The SMILES string of the molecule is CNC(=O)c1c(-c2ccc(F)cc2)oc2ccc(-c3cccc(C(=O)NC(C)(C)C(=O)NC4=NCC(C)=C4)c3)cc12. The van der Waals surface area contributed by atoms with Crippen LogP contribution in [0.4, 0.5) is 4.39 Å². The quantitative estimate of drug-likeness (QED) is 0.303. The van der Waals surface area contributed by atoms with Crippen molar-refractivity contribution in [2.75, 3.05) is 13.6 Å². The molecule has 0 bridgehead atoms. The van der Waals surface area contributed by atoms with E-state index in [1.807, 2.05) is 25.1 Å². The van der Waals surface area contributed by atoms with Crippen LogP contribution < -0.4 is 16.0 Å². The number of amidine groups is 1. The van der Waals surface area contributed by atoms with Crippen LogP contribution in [0.3, 0.4) is 0 Å². The van der Waals surface area contributed by atoms with Crippen molar-refractivity contribution < 1.29 is 23.2 Å². The average Bonchev–Trinajstić information content (AvgIpc) is 3.55. The zero-order valence-corrected chi connectivity index (χ0v) is 23.1. The summed E-state index contributed by atoms with van der Waals surface area (Å²) < 4.78 is 19.6. The standard InChI is InChI=1S/C32H29FN4O4/c1-18-14-26(35-17-18)36-31(40)32(2,3)37-29(38)22-7-5-6-20(15-22)21-10-13-25-24(16-21)27(30(39)34-4)28(41-25)19-8-11-23(33)12-9-19/h5-16H,17H2,1-4H3,(H,34,39)(H,37,38)(H,35,36,40). The van der Waals surface area contributed by atoms with Gasteiger partial charge in [0, 0.05) is 23.6 Å². The summed E-state index contributed by atoms with van der Waals surface area (Å²) in [7, 11) is 1.53. The molecule has 9 heteroatoms. The second-order valence-corrected chi connectivity index (χ2v) is 10.4. The van der Waals surface area contributed by atoms with Gasteiger partial charge in [-0.05, 0) is 92.1 Å². The van der Waals surface area contributed by atoms with E-state index in [9.17, 15) is 18.8 Å². The van der Waals surface area contributed by atoms with Crippen LogP contribution in [-0.2, 0) is 4.79 Å². The monoisotopic (exact) mass is 552 g/mol. The van der Waals surface area contributed by atoms with E-state index in [4.69, 9.17) is 4.42 Å². The van der Waals surface area contributed by atoms with Crippen LogP contribution in [0.25, 0.3) is 33.4 Å². The molecular formula is C32H29FN4O4. The molecule has 41 heavy (non-hydrogen) atoms. The predicted octanol–water partition coefficient (Wildman–Crippen LogP) is 5.25. The number of amides is 3. The lowest BCUT2D eigenvalue weighted by atomic mass is 9.98. The molecule has 0 unspecified atom stereocenters. The molecule has 1 aromatic heterocycles. The van der Waals surface area contributed by atoms with Gasteiger partial charge in [-0.1, -0.05) is 18.2 Å². The number of furan rings is 1. The normalized spacial score (nSPS) is 13.0. The van der Waals surface area contributed by atoms with E-state index in [0.29, 0.717) is 45.8 Å². The molecule has 208 valence electrons. The number of aliphatic imine (C=N–C) groups is 1.